The van der Waals surface area contributed by atoms with Crippen LogP contribution in [0.3, 0.4) is 0 Å². The summed E-state index contributed by atoms with van der Waals surface area (Å²) in [7, 11) is 1.71. The molecule has 0 saturated heterocycles. The van der Waals surface area contributed by atoms with Crippen LogP contribution in [-0.4, -0.2) is 30.8 Å². The van der Waals surface area contributed by atoms with Crippen molar-refractivity contribution < 1.29 is 9.53 Å². The number of aliphatic imine (C=N–C) groups is 1. The van der Waals surface area contributed by atoms with Gasteiger partial charge in [-0.3, -0.25) is 9.98 Å². The minimum Gasteiger partial charge on any atom is -0.462 e. The van der Waals surface area contributed by atoms with Crippen molar-refractivity contribution >= 4 is 23.8 Å². The van der Waals surface area contributed by atoms with Gasteiger partial charge in [0, 0.05) is 36.3 Å². The zero-order valence-electron chi connectivity index (χ0n) is 13.3. The van der Waals surface area contributed by atoms with E-state index in [1.54, 1.807) is 26.4 Å². The van der Waals surface area contributed by atoms with Gasteiger partial charge in [0.2, 0.25) is 0 Å². The van der Waals surface area contributed by atoms with Crippen LogP contribution in [0.25, 0.3) is 11.6 Å². The molecule has 0 amide bonds. The van der Waals surface area contributed by atoms with Crippen LogP contribution in [0.5, 0.6) is 0 Å². The number of aromatic nitrogens is 1. The summed E-state index contributed by atoms with van der Waals surface area (Å²) in [5, 5.41) is 0. The van der Waals surface area contributed by atoms with Crippen molar-refractivity contribution in [1.29, 1.82) is 0 Å². The predicted molar refractivity (Wildman–Crippen MR) is 87.7 cm³/mol. The Bertz CT molecular complexity index is 599. The first-order chi connectivity index (χ1) is 10.1. The lowest BCUT2D eigenvalue weighted by molar-refractivity contribution is 0.0525. The largest absolute Gasteiger partial charge is 0.462 e. The molecule has 1 aromatic rings. The lowest BCUT2D eigenvalue weighted by Crippen LogP contribution is -2.11. The lowest BCUT2D eigenvalue weighted by atomic mass is 9.94. The SMILES string of the molecule is C/C=C\c1c(C)ncc(C(=O)OCC)c1/C(C=NC)=C/C. The minimum atomic E-state index is -0.366. The second-order valence-electron chi connectivity index (χ2n) is 4.40. The van der Waals surface area contributed by atoms with Crippen LogP contribution in [0, 0.1) is 6.92 Å². The first-order valence-electron chi connectivity index (χ1n) is 6.98. The second-order valence-corrected chi connectivity index (χ2v) is 4.40. The molecule has 0 unspecified atom stereocenters. The number of ether oxygens (including phenoxy) is 1. The lowest BCUT2D eigenvalue weighted by Gasteiger charge is -2.14. The first kappa shape index (κ1) is 16.8. The van der Waals surface area contributed by atoms with Crippen molar-refractivity contribution in [2.24, 2.45) is 4.99 Å². The Morgan fingerprint density at radius 3 is 2.67 bits per heavy atom. The van der Waals surface area contributed by atoms with E-state index in [2.05, 4.69) is 9.98 Å². The Morgan fingerprint density at radius 1 is 1.43 bits per heavy atom. The third-order valence-electron chi connectivity index (χ3n) is 3.01. The third kappa shape index (κ3) is 3.88. The molecule has 0 spiro atoms. The molecule has 21 heavy (non-hydrogen) atoms. The summed E-state index contributed by atoms with van der Waals surface area (Å²) in [6.45, 7) is 7.89. The summed E-state index contributed by atoms with van der Waals surface area (Å²) in [6.07, 6.45) is 9.12. The number of carbonyl (C=O) groups is 1. The Morgan fingerprint density at radius 2 is 2.14 bits per heavy atom. The van der Waals surface area contributed by atoms with Gasteiger partial charge >= 0.3 is 5.97 Å². The molecule has 4 nitrogen and oxygen atoms in total. The molecule has 0 aliphatic rings. The minimum absolute atomic E-state index is 0.331. The average molecular weight is 286 g/mol. The summed E-state index contributed by atoms with van der Waals surface area (Å²) in [5.41, 5.74) is 3.92. The van der Waals surface area contributed by atoms with E-state index in [1.165, 1.54) is 0 Å². The topological polar surface area (TPSA) is 51.5 Å². The molecule has 0 radical (unpaired) electrons. The zero-order valence-corrected chi connectivity index (χ0v) is 13.3. The molecule has 4 heteroatoms. The van der Waals surface area contributed by atoms with E-state index in [9.17, 15) is 4.79 Å². The molecule has 0 aliphatic carbocycles. The van der Waals surface area contributed by atoms with Crippen molar-refractivity contribution in [3.05, 3.63) is 40.7 Å². The van der Waals surface area contributed by atoms with E-state index in [0.717, 1.165) is 22.4 Å². The highest BCUT2D eigenvalue weighted by molar-refractivity contribution is 6.14. The Balaban J connectivity index is 3.66. The fourth-order valence-corrected chi connectivity index (χ4v) is 2.09. The summed E-state index contributed by atoms with van der Waals surface area (Å²) in [5.74, 6) is -0.366. The first-order valence-corrected chi connectivity index (χ1v) is 6.98. The molecular weight excluding hydrogens is 264 g/mol. The number of allylic oxidation sites excluding steroid dienone is 3. The molecule has 0 aliphatic heterocycles. The maximum atomic E-state index is 12.2. The van der Waals surface area contributed by atoms with Crippen molar-refractivity contribution in [3.63, 3.8) is 0 Å². The third-order valence-corrected chi connectivity index (χ3v) is 3.01. The van der Waals surface area contributed by atoms with E-state index < -0.39 is 0 Å². The van der Waals surface area contributed by atoms with Gasteiger partial charge in [0.25, 0.3) is 0 Å². The normalized spacial score (nSPS) is 12.3. The van der Waals surface area contributed by atoms with Gasteiger partial charge in [-0.2, -0.15) is 0 Å². The molecule has 0 atom stereocenters. The summed E-state index contributed by atoms with van der Waals surface area (Å²) in [4.78, 5) is 20.6. The fourth-order valence-electron chi connectivity index (χ4n) is 2.09. The highest BCUT2D eigenvalue weighted by atomic mass is 16.5. The maximum Gasteiger partial charge on any atom is 0.340 e. The highest BCUT2D eigenvalue weighted by Crippen LogP contribution is 2.26. The number of nitrogens with zero attached hydrogens (tertiary/aromatic N) is 2. The monoisotopic (exact) mass is 286 g/mol. The summed E-state index contributed by atoms with van der Waals surface area (Å²) >= 11 is 0. The summed E-state index contributed by atoms with van der Waals surface area (Å²) < 4.78 is 5.14. The number of carbonyl (C=O) groups excluding carboxylic acids is 1. The molecule has 0 saturated carbocycles. The van der Waals surface area contributed by atoms with Crippen molar-refractivity contribution in [3.8, 4) is 0 Å². The van der Waals surface area contributed by atoms with Gasteiger partial charge in [0.05, 0.1) is 12.2 Å². The van der Waals surface area contributed by atoms with Gasteiger partial charge in [0.15, 0.2) is 0 Å². The predicted octanol–water partition coefficient (Wildman–Crippen LogP) is 3.70. The van der Waals surface area contributed by atoms with E-state index in [-0.39, 0.29) is 5.97 Å². The van der Waals surface area contributed by atoms with E-state index in [4.69, 9.17) is 4.74 Å². The number of pyridine rings is 1. The number of aryl methyl sites for hydroxylation is 1. The second kappa shape index (κ2) is 8.15. The molecule has 112 valence electrons. The van der Waals surface area contributed by atoms with E-state index in [1.807, 2.05) is 39.0 Å². The maximum absolute atomic E-state index is 12.2. The highest BCUT2D eigenvalue weighted by Gasteiger charge is 2.19. The van der Waals surface area contributed by atoms with Crippen LogP contribution >= 0.6 is 0 Å². The smallest absolute Gasteiger partial charge is 0.340 e. The van der Waals surface area contributed by atoms with Crippen molar-refractivity contribution in [1.82, 2.24) is 4.98 Å². The van der Waals surface area contributed by atoms with Gasteiger partial charge < -0.3 is 4.74 Å². The van der Waals surface area contributed by atoms with Gasteiger partial charge in [-0.1, -0.05) is 18.2 Å². The van der Waals surface area contributed by atoms with Crippen LogP contribution in [0.4, 0.5) is 0 Å². The molecular formula is C17H22N2O2. The van der Waals surface area contributed by atoms with Crippen molar-refractivity contribution in [2.45, 2.75) is 27.7 Å². The number of hydrogen-bond acceptors (Lipinski definition) is 4. The Hall–Kier alpha value is -2.23. The zero-order chi connectivity index (χ0) is 15.8. The molecule has 1 rings (SSSR count). The number of rotatable bonds is 5. The van der Waals surface area contributed by atoms with Crippen LogP contribution in [-0.2, 0) is 4.74 Å². The van der Waals surface area contributed by atoms with Gasteiger partial charge in [-0.05, 0) is 33.3 Å². The standard InChI is InChI=1S/C17H22N2O2/c1-6-9-14-12(4)19-11-15(17(20)21-8-3)16(14)13(7-2)10-18-5/h6-7,9-11H,8H2,1-5H3/b9-6-,13-7+,18-10?. The van der Waals surface area contributed by atoms with Gasteiger partial charge in [0.1, 0.15) is 0 Å². The molecule has 0 bridgehead atoms. The molecule has 0 N–H and O–H groups in total. The molecule has 0 aromatic carbocycles. The van der Waals surface area contributed by atoms with Crippen LogP contribution in [0.2, 0.25) is 0 Å². The summed E-state index contributed by atoms with van der Waals surface area (Å²) in [6, 6.07) is 0. The van der Waals surface area contributed by atoms with Crippen LogP contribution in [0.15, 0.2) is 23.3 Å². The molecule has 1 heterocycles. The van der Waals surface area contributed by atoms with E-state index >= 15 is 0 Å². The molecule has 1 aromatic heterocycles. The Kier molecular flexibility index (Phi) is 6.53. The van der Waals surface area contributed by atoms with Crippen molar-refractivity contribution in [2.75, 3.05) is 13.7 Å². The number of hydrogen-bond donors (Lipinski definition) is 0. The molecule has 0 fully saturated rings. The van der Waals surface area contributed by atoms with Crippen LogP contribution < -0.4 is 0 Å². The fraction of sp³-hybridized carbons (Fsp3) is 0.353. The average Bonchev–Trinajstić information content (AvgIpc) is 2.47. The van der Waals surface area contributed by atoms with Gasteiger partial charge in [-0.25, -0.2) is 4.79 Å². The van der Waals surface area contributed by atoms with Gasteiger partial charge in [-0.15, -0.1) is 0 Å². The number of esters is 1. The Labute approximate surface area is 126 Å². The van der Waals surface area contributed by atoms with E-state index in [0.29, 0.717) is 12.2 Å². The quantitative estimate of drug-likeness (QED) is 0.612. The van der Waals surface area contributed by atoms with Crippen LogP contribution in [0.1, 0.15) is 48.0 Å².